The van der Waals surface area contributed by atoms with Gasteiger partial charge in [0.25, 0.3) is 5.91 Å². The molecule has 1 aliphatic heterocycles. The van der Waals surface area contributed by atoms with Gasteiger partial charge in [0.05, 0.1) is 0 Å². The third-order valence-electron chi connectivity index (χ3n) is 5.06. The zero-order valence-electron chi connectivity index (χ0n) is 18.4. The lowest BCUT2D eigenvalue weighted by molar-refractivity contribution is -0.137. The predicted octanol–water partition coefficient (Wildman–Crippen LogP) is 2.02. The highest BCUT2D eigenvalue weighted by molar-refractivity contribution is 7.97. The maximum Gasteiger partial charge on any atom is 0.325 e. The molecule has 1 aromatic carbocycles. The van der Waals surface area contributed by atoms with Gasteiger partial charge in [-0.3, -0.25) is 9.59 Å². The predicted molar refractivity (Wildman–Crippen MR) is 125 cm³/mol. The van der Waals surface area contributed by atoms with Gasteiger partial charge in [0, 0.05) is 48.7 Å². The highest BCUT2D eigenvalue weighted by Crippen LogP contribution is 2.26. The Labute approximate surface area is 200 Å². The Balaban J connectivity index is 1.30. The van der Waals surface area contributed by atoms with Gasteiger partial charge < -0.3 is 15.3 Å². The van der Waals surface area contributed by atoms with Crippen molar-refractivity contribution in [1.82, 2.24) is 24.1 Å². The lowest BCUT2D eigenvalue weighted by Gasteiger charge is -2.33. The number of nitrogens with one attached hydrogen (secondary N) is 1. The summed E-state index contributed by atoms with van der Waals surface area (Å²) in [5.74, 6) is -0.905. The molecule has 0 spiro atoms. The highest BCUT2D eigenvalue weighted by atomic mass is 32.2. The fraction of sp³-hybridized carbons (Fsp3) is 0.273. The van der Waals surface area contributed by atoms with Gasteiger partial charge in [0.15, 0.2) is 0 Å². The number of piperazine rings is 1. The van der Waals surface area contributed by atoms with Gasteiger partial charge in [0.1, 0.15) is 24.0 Å². The second-order valence-corrected chi connectivity index (χ2v) is 8.73. The van der Waals surface area contributed by atoms with E-state index in [-0.39, 0.29) is 12.2 Å². The summed E-state index contributed by atoms with van der Waals surface area (Å²) in [6.45, 7) is 4.58. The van der Waals surface area contributed by atoms with E-state index in [1.54, 1.807) is 30.1 Å². The third-order valence-corrected chi connectivity index (χ3v) is 6.17. The highest BCUT2D eigenvalue weighted by Gasteiger charge is 2.21. The lowest BCUT2D eigenvalue weighted by atomic mass is 10.3. The van der Waals surface area contributed by atoms with E-state index in [0.717, 1.165) is 41.5 Å². The van der Waals surface area contributed by atoms with Crippen LogP contribution in [0.3, 0.4) is 0 Å². The summed E-state index contributed by atoms with van der Waals surface area (Å²) >= 11 is 1.63. The molecule has 1 aliphatic rings. The molecule has 3 aromatic rings. The summed E-state index contributed by atoms with van der Waals surface area (Å²) in [6.07, 6.45) is 1.39. The first kappa shape index (κ1) is 23.2. The maximum atomic E-state index is 12.5. The van der Waals surface area contributed by atoms with Crippen molar-refractivity contribution in [2.24, 2.45) is 0 Å². The number of amides is 1. The number of carbonyl (C=O) groups is 2. The summed E-state index contributed by atoms with van der Waals surface area (Å²) in [6, 6.07) is 12.7. The SMILES string of the molecule is Cc1cc(C#N)nc(N2CCN(Sc3ccc(NC(=O)c4ccnn4CC(=O)O)cc3)CC2)n1. The zero-order chi connectivity index (χ0) is 24.1. The average Bonchev–Trinajstić information content (AvgIpc) is 3.28. The van der Waals surface area contributed by atoms with Crippen molar-refractivity contribution >= 4 is 35.5 Å². The number of anilines is 2. The van der Waals surface area contributed by atoms with E-state index in [1.807, 2.05) is 19.1 Å². The van der Waals surface area contributed by atoms with Crippen LogP contribution in [0.4, 0.5) is 11.6 Å². The minimum Gasteiger partial charge on any atom is -0.480 e. The van der Waals surface area contributed by atoms with Gasteiger partial charge in [0.2, 0.25) is 5.95 Å². The number of aryl methyl sites for hydroxylation is 1. The molecule has 1 saturated heterocycles. The lowest BCUT2D eigenvalue weighted by Crippen LogP contribution is -2.44. The molecule has 174 valence electrons. The van der Waals surface area contributed by atoms with E-state index >= 15 is 0 Å². The van der Waals surface area contributed by atoms with Crippen molar-refractivity contribution in [3.05, 3.63) is 59.7 Å². The first-order valence-electron chi connectivity index (χ1n) is 10.5. The quantitative estimate of drug-likeness (QED) is 0.485. The Morgan fingerprint density at radius 1 is 1.15 bits per heavy atom. The van der Waals surface area contributed by atoms with E-state index in [0.29, 0.717) is 17.3 Å². The van der Waals surface area contributed by atoms with Crippen molar-refractivity contribution in [2.75, 3.05) is 36.4 Å². The number of carboxylic acids is 1. The first-order chi connectivity index (χ1) is 16.4. The number of carboxylic acid groups (broad SMARTS) is 1. The Kier molecular flexibility index (Phi) is 7.05. The monoisotopic (exact) mass is 478 g/mol. The molecule has 11 nitrogen and oxygen atoms in total. The second-order valence-electron chi connectivity index (χ2n) is 7.56. The van der Waals surface area contributed by atoms with Gasteiger partial charge in [-0.05, 0) is 55.3 Å². The number of hydrogen-bond donors (Lipinski definition) is 2. The standard InChI is InChI=1S/C22H22N8O3S/c1-15-12-17(13-23)27-22(25-15)28-8-10-29(11-9-28)34-18-4-2-16(3-5-18)26-21(33)19-6-7-24-30(19)14-20(31)32/h2-7,12H,8-11,14H2,1H3,(H,26,33)(H,31,32). The molecule has 34 heavy (non-hydrogen) atoms. The Morgan fingerprint density at radius 2 is 1.88 bits per heavy atom. The summed E-state index contributed by atoms with van der Waals surface area (Å²) < 4.78 is 3.39. The molecule has 0 unspecified atom stereocenters. The number of aliphatic carboxylic acids is 1. The molecule has 0 atom stereocenters. The van der Waals surface area contributed by atoms with Crippen molar-refractivity contribution in [1.29, 1.82) is 5.26 Å². The third kappa shape index (κ3) is 5.69. The molecular formula is C22H22N8O3S. The normalized spacial score (nSPS) is 13.9. The molecule has 2 N–H and O–H groups in total. The number of aromatic nitrogens is 4. The minimum atomic E-state index is -1.07. The number of rotatable bonds is 7. The Hall–Kier alpha value is -3.95. The van der Waals surface area contributed by atoms with Gasteiger partial charge in [-0.1, -0.05) is 0 Å². The van der Waals surface area contributed by atoms with Gasteiger partial charge in [-0.15, -0.1) is 0 Å². The summed E-state index contributed by atoms with van der Waals surface area (Å²) in [5.41, 5.74) is 1.93. The fourth-order valence-corrected chi connectivity index (χ4v) is 4.36. The van der Waals surface area contributed by atoms with Crippen LogP contribution >= 0.6 is 11.9 Å². The topological polar surface area (TPSA) is 140 Å². The molecule has 1 amide bonds. The Bertz CT molecular complexity index is 1230. The molecule has 3 heterocycles. The van der Waals surface area contributed by atoms with E-state index in [2.05, 4.69) is 35.7 Å². The van der Waals surface area contributed by atoms with E-state index in [9.17, 15) is 9.59 Å². The molecule has 1 fully saturated rings. The molecule has 12 heteroatoms. The summed E-state index contributed by atoms with van der Waals surface area (Å²) in [4.78, 5) is 35.3. The van der Waals surface area contributed by atoms with Gasteiger partial charge in [-0.25, -0.2) is 19.0 Å². The molecule has 0 aliphatic carbocycles. The smallest absolute Gasteiger partial charge is 0.325 e. The fourth-order valence-electron chi connectivity index (χ4n) is 3.45. The second kappa shape index (κ2) is 10.3. The average molecular weight is 479 g/mol. The number of hydrogen-bond acceptors (Lipinski definition) is 9. The largest absolute Gasteiger partial charge is 0.480 e. The van der Waals surface area contributed by atoms with Crippen LogP contribution in [0.1, 0.15) is 21.9 Å². The molecule has 2 aromatic heterocycles. The van der Waals surface area contributed by atoms with Crippen molar-refractivity contribution in [3.63, 3.8) is 0 Å². The summed E-state index contributed by atoms with van der Waals surface area (Å²) in [5, 5.41) is 24.7. The Morgan fingerprint density at radius 3 is 2.56 bits per heavy atom. The maximum absolute atomic E-state index is 12.5. The zero-order valence-corrected chi connectivity index (χ0v) is 19.2. The van der Waals surface area contributed by atoms with Gasteiger partial charge in [-0.2, -0.15) is 10.4 Å². The van der Waals surface area contributed by atoms with E-state index in [1.165, 1.54) is 12.3 Å². The van der Waals surface area contributed by atoms with Crippen molar-refractivity contribution in [2.45, 2.75) is 18.4 Å². The van der Waals surface area contributed by atoms with Gasteiger partial charge >= 0.3 is 5.97 Å². The van der Waals surface area contributed by atoms with Crippen LogP contribution < -0.4 is 10.2 Å². The van der Waals surface area contributed by atoms with Crippen LogP contribution in [0.2, 0.25) is 0 Å². The number of benzene rings is 1. The molecule has 0 saturated carbocycles. The van der Waals surface area contributed by atoms with Crippen molar-refractivity contribution < 1.29 is 14.7 Å². The number of carbonyl (C=O) groups excluding carboxylic acids is 1. The number of nitriles is 1. The van der Waals surface area contributed by atoms with Crippen LogP contribution in [-0.4, -0.2) is 67.2 Å². The van der Waals surface area contributed by atoms with Crippen LogP contribution in [0.25, 0.3) is 0 Å². The van der Waals surface area contributed by atoms with Crippen LogP contribution in [-0.2, 0) is 11.3 Å². The minimum absolute atomic E-state index is 0.179. The number of nitrogens with zero attached hydrogens (tertiary/aromatic N) is 7. The molecule has 4 rings (SSSR count). The van der Waals surface area contributed by atoms with Crippen LogP contribution in [0, 0.1) is 18.3 Å². The van der Waals surface area contributed by atoms with Crippen molar-refractivity contribution in [3.8, 4) is 6.07 Å². The van der Waals surface area contributed by atoms with Crippen LogP contribution in [0.5, 0.6) is 0 Å². The molecule has 0 radical (unpaired) electrons. The van der Waals surface area contributed by atoms with E-state index in [4.69, 9.17) is 10.4 Å². The molecule has 0 bridgehead atoms. The first-order valence-corrected chi connectivity index (χ1v) is 11.3. The van der Waals surface area contributed by atoms with Crippen LogP contribution in [0.15, 0.2) is 47.5 Å². The summed E-state index contributed by atoms with van der Waals surface area (Å²) in [7, 11) is 0. The van der Waals surface area contributed by atoms with E-state index < -0.39 is 11.9 Å². The molecular weight excluding hydrogens is 456 g/mol.